The Bertz CT molecular complexity index is 539. The second kappa shape index (κ2) is 8.27. The van der Waals surface area contributed by atoms with Crippen molar-refractivity contribution in [3.05, 3.63) is 45.7 Å². The van der Waals surface area contributed by atoms with Crippen molar-refractivity contribution in [2.45, 2.75) is 25.8 Å². The molecule has 0 saturated carbocycles. The van der Waals surface area contributed by atoms with Crippen LogP contribution in [-0.4, -0.2) is 29.7 Å². The van der Waals surface area contributed by atoms with E-state index in [4.69, 9.17) is 34.0 Å². The number of carbonyl (C=O) groups is 1. The van der Waals surface area contributed by atoms with Crippen LogP contribution in [0.25, 0.3) is 0 Å². The molecule has 0 heterocycles. The van der Waals surface area contributed by atoms with Gasteiger partial charge in [0, 0.05) is 40.7 Å². The van der Waals surface area contributed by atoms with Gasteiger partial charge in [0.15, 0.2) is 0 Å². The van der Waals surface area contributed by atoms with Gasteiger partial charge in [-0.05, 0) is 38.5 Å². The number of rotatable bonds is 7. The summed E-state index contributed by atoms with van der Waals surface area (Å²) < 4.78 is 0. The predicted molar refractivity (Wildman–Crippen MR) is 90.0 cm³/mol. The maximum Gasteiger partial charge on any atom is 0.252 e. The molecule has 0 fully saturated rings. The normalized spacial score (nSPS) is 12.1. The first-order chi connectivity index (χ1) is 10.3. The van der Waals surface area contributed by atoms with E-state index in [9.17, 15) is 4.79 Å². The average molecular weight is 346 g/mol. The molecule has 0 atom stereocenters. The molecule has 0 aliphatic carbocycles. The fourth-order valence-electron chi connectivity index (χ4n) is 1.66. The quantitative estimate of drug-likeness (QED) is 0.571. The van der Waals surface area contributed by atoms with Crippen molar-refractivity contribution in [3.63, 3.8) is 0 Å². The van der Waals surface area contributed by atoms with Crippen LogP contribution < -0.4 is 16.4 Å². The Labute approximate surface area is 140 Å². The van der Waals surface area contributed by atoms with Gasteiger partial charge in [-0.15, -0.1) is 0 Å². The minimum atomic E-state index is -0.752. The van der Waals surface area contributed by atoms with Crippen LogP contribution in [0.2, 0.25) is 10.0 Å². The molecule has 22 heavy (non-hydrogen) atoms. The zero-order valence-electron chi connectivity index (χ0n) is 12.6. The number of halogens is 2. The van der Waals surface area contributed by atoms with Crippen molar-refractivity contribution in [2.24, 2.45) is 5.73 Å². The first-order valence-electron chi connectivity index (χ1n) is 6.85. The molecular formula is C15H21Cl2N3O2. The molecule has 1 rings (SSSR count). The van der Waals surface area contributed by atoms with Gasteiger partial charge in [-0.1, -0.05) is 23.2 Å². The summed E-state index contributed by atoms with van der Waals surface area (Å²) in [6, 6.07) is 4.64. The Morgan fingerprint density at radius 1 is 1.32 bits per heavy atom. The SMILES string of the molecule is CC(C)(NC(=O)c1cc(Cl)cc(Cl)c1)/C(N)=C/NCCCO. The number of nitrogens with one attached hydrogen (secondary N) is 2. The van der Waals surface area contributed by atoms with Crippen molar-refractivity contribution >= 4 is 29.1 Å². The van der Waals surface area contributed by atoms with Gasteiger partial charge in [0.05, 0.1) is 5.54 Å². The zero-order chi connectivity index (χ0) is 16.8. The van der Waals surface area contributed by atoms with E-state index in [2.05, 4.69) is 10.6 Å². The van der Waals surface area contributed by atoms with Gasteiger partial charge >= 0.3 is 0 Å². The lowest BCUT2D eigenvalue weighted by Gasteiger charge is -2.27. The van der Waals surface area contributed by atoms with Crippen LogP contribution in [0.4, 0.5) is 0 Å². The number of benzene rings is 1. The van der Waals surface area contributed by atoms with Crippen LogP contribution >= 0.6 is 23.2 Å². The number of nitrogens with two attached hydrogens (primary N) is 1. The molecule has 5 N–H and O–H groups in total. The number of aliphatic hydroxyl groups excluding tert-OH is 1. The topological polar surface area (TPSA) is 87.4 Å². The van der Waals surface area contributed by atoms with Crippen LogP contribution in [0.15, 0.2) is 30.1 Å². The minimum Gasteiger partial charge on any atom is -0.399 e. The van der Waals surface area contributed by atoms with E-state index >= 15 is 0 Å². The minimum absolute atomic E-state index is 0.108. The van der Waals surface area contributed by atoms with Gasteiger partial charge in [-0.2, -0.15) is 0 Å². The molecule has 0 bridgehead atoms. The number of amides is 1. The molecule has 1 aromatic rings. The van der Waals surface area contributed by atoms with Crippen LogP contribution in [-0.2, 0) is 0 Å². The molecular weight excluding hydrogens is 325 g/mol. The second-order valence-corrected chi connectivity index (χ2v) is 6.24. The van der Waals surface area contributed by atoms with Gasteiger partial charge in [-0.3, -0.25) is 4.79 Å². The molecule has 0 aliphatic rings. The maximum atomic E-state index is 12.3. The molecule has 0 spiro atoms. The largest absolute Gasteiger partial charge is 0.399 e. The van der Waals surface area contributed by atoms with Crippen molar-refractivity contribution in [1.29, 1.82) is 0 Å². The van der Waals surface area contributed by atoms with E-state index in [1.807, 2.05) is 0 Å². The van der Waals surface area contributed by atoms with Crippen molar-refractivity contribution in [3.8, 4) is 0 Å². The highest BCUT2D eigenvalue weighted by atomic mass is 35.5. The predicted octanol–water partition coefficient (Wildman–Crippen LogP) is 2.27. The highest BCUT2D eigenvalue weighted by molar-refractivity contribution is 6.35. The van der Waals surface area contributed by atoms with Gasteiger partial charge in [0.1, 0.15) is 0 Å². The van der Waals surface area contributed by atoms with Crippen LogP contribution in [0.5, 0.6) is 0 Å². The van der Waals surface area contributed by atoms with E-state index in [0.717, 1.165) is 0 Å². The van der Waals surface area contributed by atoms with Crippen molar-refractivity contribution in [1.82, 2.24) is 10.6 Å². The molecule has 0 radical (unpaired) electrons. The van der Waals surface area contributed by atoms with Crippen LogP contribution in [0, 0.1) is 0 Å². The van der Waals surface area contributed by atoms with E-state index in [1.54, 1.807) is 26.1 Å². The maximum absolute atomic E-state index is 12.3. The fraction of sp³-hybridized carbons (Fsp3) is 0.400. The van der Waals surface area contributed by atoms with Gasteiger partial charge in [0.25, 0.3) is 5.91 Å². The average Bonchev–Trinajstić information content (AvgIpc) is 2.41. The summed E-state index contributed by atoms with van der Waals surface area (Å²) in [6.07, 6.45) is 2.25. The van der Waals surface area contributed by atoms with E-state index < -0.39 is 5.54 Å². The lowest BCUT2D eigenvalue weighted by molar-refractivity contribution is 0.0923. The monoisotopic (exact) mass is 345 g/mol. The Balaban J connectivity index is 2.75. The van der Waals surface area contributed by atoms with Crippen molar-refractivity contribution in [2.75, 3.05) is 13.2 Å². The Morgan fingerprint density at radius 3 is 2.45 bits per heavy atom. The molecule has 5 nitrogen and oxygen atoms in total. The summed E-state index contributed by atoms with van der Waals surface area (Å²) in [5.74, 6) is -0.318. The van der Waals surface area contributed by atoms with Crippen molar-refractivity contribution < 1.29 is 9.90 Å². The molecule has 122 valence electrons. The Kier molecular flexibility index (Phi) is 7.00. The molecule has 0 aliphatic heterocycles. The van der Waals surface area contributed by atoms with Crippen LogP contribution in [0.3, 0.4) is 0 Å². The summed E-state index contributed by atoms with van der Waals surface area (Å²) in [5.41, 5.74) is 6.07. The van der Waals surface area contributed by atoms with Gasteiger partial charge in [0.2, 0.25) is 0 Å². The fourth-order valence-corrected chi connectivity index (χ4v) is 2.18. The smallest absolute Gasteiger partial charge is 0.252 e. The number of aliphatic hydroxyl groups is 1. The van der Waals surface area contributed by atoms with E-state index in [0.29, 0.717) is 34.3 Å². The third-order valence-electron chi connectivity index (χ3n) is 3.01. The van der Waals surface area contributed by atoms with E-state index in [1.165, 1.54) is 12.1 Å². The summed E-state index contributed by atoms with van der Waals surface area (Å²) >= 11 is 11.8. The lowest BCUT2D eigenvalue weighted by atomic mass is 10.0. The molecule has 0 unspecified atom stereocenters. The Hall–Kier alpha value is -1.43. The van der Waals surface area contributed by atoms with E-state index in [-0.39, 0.29) is 12.5 Å². The first-order valence-corrected chi connectivity index (χ1v) is 7.61. The number of hydrogen-bond donors (Lipinski definition) is 4. The zero-order valence-corrected chi connectivity index (χ0v) is 14.1. The molecule has 1 aromatic carbocycles. The van der Waals surface area contributed by atoms with Gasteiger partial charge in [-0.25, -0.2) is 0 Å². The summed E-state index contributed by atoms with van der Waals surface area (Å²) in [4.78, 5) is 12.3. The Morgan fingerprint density at radius 2 is 1.91 bits per heavy atom. The number of hydrogen-bond acceptors (Lipinski definition) is 4. The second-order valence-electron chi connectivity index (χ2n) is 5.37. The van der Waals surface area contributed by atoms with Crippen LogP contribution in [0.1, 0.15) is 30.6 Å². The standard InChI is InChI=1S/C15H21Cl2N3O2/c1-15(2,13(18)9-19-4-3-5-21)20-14(22)10-6-11(16)8-12(17)7-10/h6-9,19,21H,3-5,18H2,1-2H3,(H,20,22)/b13-9-. The summed E-state index contributed by atoms with van der Waals surface area (Å²) in [6.45, 7) is 4.29. The summed E-state index contributed by atoms with van der Waals surface area (Å²) in [5, 5.41) is 15.3. The molecule has 1 amide bonds. The molecule has 0 aromatic heterocycles. The summed E-state index contributed by atoms with van der Waals surface area (Å²) in [7, 11) is 0. The number of carbonyl (C=O) groups excluding carboxylic acids is 1. The highest BCUT2D eigenvalue weighted by Crippen LogP contribution is 2.20. The molecule has 7 heteroatoms. The van der Waals surface area contributed by atoms with Gasteiger partial charge < -0.3 is 21.5 Å². The molecule has 0 saturated heterocycles. The third kappa shape index (κ3) is 5.75. The first kappa shape index (κ1) is 18.6. The lowest BCUT2D eigenvalue weighted by Crippen LogP contribution is -2.47. The third-order valence-corrected chi connectivity index (χ3v) is 3.45. The highest BCUT2D eigenvalue weighted by Gasteiger charge is 2.24.